The van der Waals surface area contributed by atoms with Crippen LogP contribution in [0.15, 0.2) is 18.2 Å². The molecule has 16 heavy (non-hydrogen) atoms. The minimum absolute atomic E-state index is 0.237. The van der Waals surface area contributed by atoms with Gasteiger partial charge < -0.3 is 14.8 Å². The molecular weight excluding hydrogens is 222 g/mol. The van der Waals surface area contributed by atoms with Gasteiger partial charge in [0.1, 0.15) is 11.5 Å². The standard InChI is InChI=1S/C12H19NO2S/c1-13-9(8-16-4)12-10(14-2)6-5-7-11(12)15-3/h5-7,9,13H,8H2,1-4H3. The molecule has 1 atom stereocenters. The highest BCUT2D eigenvalue weighted by atomic mass is 32.2. The van der Waals surface area contributed by atoms with Crippen molar-refractivity contribution < 1.29 is 9.47 Å². The van der Waals surface area contributed by atoms with Gasteiger partial charge in [-0.3, -0.25) is 0 Å². The van der Waals surface area contributed by atoms with Gasteiger partial charge in [-0.2, -0.15) is 11.8 Å². The van der Waals surface area contributed by atoms with Gasteiger partial charge in [0.2, 0.25) is 0 Å². The zero-order valence-electron chi connectivity index (χ0n) is 10.2. The van der Waals surface area contributed by atoms with Gasteiger partial charge in [-0.1, -0.05) is 6.07 Å². The number of nitrogens with one attached hydrogen (secondary N) is 1. The van der Waals surface area contributed by atoms with E-state index in [9.17, 15) is 0 Å². The number of hydrogen-bond donors (Lipinski definition) is 1. The summed E-state index contributed by atoms with van der Waals surface area (Å²) < 4.78 is 10.8. The second-order valence-electron chi connectivity index (χ2n) is 3.37. The second kappa shape index (κ2) is 6.66. The lowest BCUT2D eigenvalue weighted by atomic mass is 10.1. The fraction of sp³-hybridized carbons (Fsp3) is 0.500. The number of ether oxygens (including phenoxy) is 2. The van der Waals surface area contributed by atoms with Crippen LogP contribution < -0.4 is 14.8 Å². The van der Waals surface area contributed by atoms with Crippen molar-refractivity contribution in [3.63, 3.8) is 0 Å². The lowest BCUT2D eigenvalue weighted by molar-refractivity contribution is 0.377. The van der Waals surface area contributed by atoms with Crippen LogP contribution in [-0.2, 0) is 0 Å². The molecule has 0 saturated carbocycles. The first-order chi connectivity index (χ1) is 7.78. The maximum absolute atomic E-state index is 5.39. The molecule has 4 heteroatoms. The summed E-state index contributed by atoms with van der Waals surface area (Å²) in [6.07, 6.45) is 2.09. The molecular formula is C12H19NO2S. The van der Waals surface area contributed by atoms with Crippen molar-refractivity contribution >= 4 is 11.8 Å². The van der Waals surface area contributed by atoms with Crippen molar-refractivity contribution in [2.24, 2.45) is 0 Å². The molecule has 1 aromatic carbocycles. The highest BCUT2D eigenvalue weighted by molar-refractivity contribution is 7.98. The van der Waals surface area contributed by atoms with Gasteiger partial charge in [0.25, 0.3) is 0 Å². The molecule has 1 unspecified atom stereocenters. The smallest absolute Gasteiger partial charge is 0.127 e. The van der Waals surface area contributed by atoms with Gasteiger partial charge in [-0.25, -0.2) is 0 Å². The molecule has 0 radical (unpaired) electrons. The van der Waals surface area contributed by atoms with E-state index in [1.807, 2.05) is 25.2 Å². The Morgan fingerprint density at radius 3 is 2.19 bits per heavy atom. The average molecular weight is 241 g/mol. The van der Waals surface area contributed by atoms with Crippen LogP contribution in [0.5, 0.6) is 11.5 Å². The Balaban J connectivity index is 3.14. The van der Waals surface area contributed by atoms with Gasteiger partial charge in [-0.05, 0) is 25.4 Å². The zero-order valence-corrected chi connectivity index (χ0v) is 11.1. The second-order valence-corrected chi connectivity index (χ2v) is 4.28. The van der Waals surface area contributed by atoms with Crippen molar-refractivity contribution in [2.75, 3.05) is 33.3 Å². The van der Waals surface area contributed by atoms with Crippen molar-refractivity contribution in [1.82, 2.24) is 5.32 Å². The summed E-state index contributed by atoms with van der Waals surface area (Å²) in [6.45, 7) is 0. The van der Waals surface area contributed by atoms with Gasteiger partial charge in [0.15, 0.2) is 0 Å². The van der Waals surface area contributed by atoms with E-state index in [1.54, 1.807) is 26.0 Å². The van der Waals surface area contributed by atoms with Crippen LogP contribution in [0.2, 0.25) is 0 Å². The molecule has 0 aliphatic rings. The van der Waals surface area contributed by atoms with Gasteiger partial charge in [0.05, 0.1) is 19.8 Å². The summed E-state index contributed by atoms with van der Waals surface area (Å²) in [5, 5.41) is 3.29. The highest BCUT2D eigenvalue weighted by Crippen LogP contribution is 2.34. The number of methoxy groups -OCH3 is 2. The first-order valence-corrected chi connectivity index (χ1v) is 6.55. The summed E-state index contributed by atoms with van der Waals surface area (Å²) in [6, 6.07) is 6.10. The Labute approximate surface area is 102 Å². The molecule has 0 amide bonds. The van der Waals surface area contributed by atoms with Crippen LogP contribution in [0.3, 0.4) is 0 Å². The minimum Gasteiger partial charge on any atom is -0.496 e. The van der Waals surface area contributed by atoms with E-state index in [4.69, 9.17) is 9.47 Å². The van der Waals surface area contributed by atoms with E-state index in [1.165, 1.54) is 0 Å². The molecule has 0 spiro atoms. The minimum atomic E-state index is 0.237. The molecule has 0 saturated heterocycles. The van der Waals surface area contributed by atoms with Crippen LogP contribution in [0.25, 0.3) is 0 Å². The fourth-order valence-corrected chi connectivity index (χ4v) is 2.37. The molecule has 1 rings (SSSR count). The van der Waals surface area contributed by atoms with Crippen molar-refractivity contribution in [3.05, 3.63) is 23.8 Å². The van der Waals surface area contributed by atoms with E-state index in [-0.39, 0.29) is 6.04 Å². The molecule has 1 aromatic rings. The van der Waals surface area contributed by atoms with Crippen LogP contribution in [0, 0.1) is 0 Å². The normalized spacial score (nSPS) is 12.2. The quantitative estimate of drug-likeness (QED) is 0.828. The first-order valence-electron chi connectivity index (χ1n) is 5.15. The molecule has 0 heterocycles. The topological polar surface area (TPSA) is 30.5 Å². The van der Waals surface area contributed by atoms with Crippen LogP contribution in [-0.4, -0.2) is 33.3 Å². The highest BCUT2D eigenvalue weighted by Gasteiger charge is 2.18. The average Bonchev–Trinajstić information content (AvgIpc) is 2.35. The third kappa shape index (κ3) is 2.83. The third-order valence-corrected chi connectivity index (χ3v) is 3.16. The number of benzene rings is 1. The monoisotopic (exact) mass is 241 g/mol. The molecule has 1 N–H and O–H groups in total. The van der Waals surface area contributed by atoms with Crippen molar-refractivity contribution in [3.8, 4) is 11.5 Å². The Bertz CT molecular complexity index is 309. The summed E-state index contributed by atoms with van der Waals surface area (Å²) >= 11 is 1.79. The molecule has 0 fully saturated rings. The molecule has 0 aliphatic heterocycles. The van der Waals surface area contributed by atoms with E-state index in [0.717, 1.165) is 22.8 Å². The molecule has 90 valence electrons. The molecule has 0 bridgehead atoms. The summed E-state index contributed by atoms with van der Waals surface area (Å²) in [5.41, 5.74) is 1.09. The lowest BCUT2D eigenvalue weighted by Gasteiger charge is -2.21. The Hall–Kier alpha value is -0.870. The Morgan fingerprint density at radius 2 is 1.81 bits per heavy atom. The zero-order chi connectivity index (χ0) is 12.0. The summed E-state index contributed by atoms with van der Waals surface area (Å²) in [5.74, 6) is 2.72. The largest absolute Gasteiger partial charge is 0.496 e. The molecule has 0 aliphatic carbocycles. The van der Waals surface area contributed by atoms with Gasteiger partial charge in [-0.15, -0.1) is 0 Å². The SMILES string of the molecule is CNC(CSC)c1c(OC)cccc1OC. The lowest BCUT2D eigenvalue weighted by Crippen LogP contribution is -2.20. The molecule has 0 aromatic heterocycles. The van der Waals surface area contributed by atoms with E-state index >= 15 is 0 Å². The number of thioether (sulfide) groups is 1. The summed E-state index contributed by atoms with van der Waals surface area (Å²) in [4.78, 5) is 0. The Kier molecular flexibility index (Phi) is 5.49. The third-order valence-electron chi connectivity index (χ3n) is 2.50. The van der Waals surface area contributed by atoms with Gasteiger partial charge in [0, 0.05) is 11.8 Å². The maximum Gasteiger partial charge on any atom is 0.127 e. The van der Waals surface area contributed by atoms with Crippen LogP contribution >= 0.6 is 11.8 Å². The van der Waals surface area contributed by atoms with Crippen LogP contribution in [0.1, 0.15) is 11.6 Å². The number of rotatable bonds is 6. The van der Waals surface area contributed by atoms with Crippen molar-refractivity contribution in [1.29, 1.82) is 0 Å². The molecule has 3 nitrogen and oxygen atoms in total. The predicted molar refractivity (Wildman–Crippen MR) is 69.7 cm³/mol. The number of hydrogen-bond acceptors (Lipinski definition) is 4. The van der Waals surface area contributed by atoms with Gasteiger partial charge >= 0.3 is 0 Å². The fourth-order valence-electron chi connectivity index (χ4n) is 1.70. The van der Waals surface area contributed by atoms with Crippen molar-refractivity contribution in [2.45, 2.75) is 6.04 Å². The van der Waals surface area contributed by atoms with Crippen LogP contribution in [0.4, 0.5) is 0 Å². The van der Waals surface area contributed by atoms with E-state index < -0.39 is 0 Å². The van der Waals surface area contributed by atoms with E-state index in [2.05, 4.69) is 11.6 Å². The summed E-state index contributed by atoms with van der Waals surface area (Å²) in [7, 11) is 5.32. The first kappa shape index (κ1) is 13.2. The predicted octanol–water partition coefficient (Wildman–Crippen LogP) is 2.33. The Morgan fingerprint density at radius 1 is 1.25 bits per heavy atom. The maximum atomic E-state index is 5.39. The van der Waals surface area contributed by atoms with E-state index in [0.29, 0.717) is 0 Å².